The molecule has 2 aromatic rings. The fourth-order valence-electron chi connectivity index (χ4n) is 1.87. The van der Waals surface area contributed by atoms with Crippen molar-refractivity contribution in [2.45, 2.75) is 26.3 Å². The molecule has 0 bridgehead atoms. The minimum atomic E-state index is -0.240. The Morgan fingerprint density at radius 1 is 1.17 bits per heavy atom. The largest absolute Gasteiger partial charge is 0.326 e. The Bertz CT molecular complexity index is 521. The van der Waals surface area contributed by atoms with Crippen molar-refractivity contribution in [1.82, 2.24) is 4.98 Å². The van der Waals surface area contributed by atoms with Gasteiger partial charge >= 0.3 is 0 Å². The highest BCUT2D eigenvalue weighted by atomic mass is 19.1. The molecule has 1 heterocycles. The molecule has 94 valence electrons. The number of hydrogen-bond donors (Lipinski definition) is 1. The second kappa shape index (κ2) is 5.74. The first-order valence-electron chi connectivity index (χ1n) is 6.14. The molecule has 2 nitrogen and oxygen atoms in total. The molecular weight excluding hydrogens is 227 g/mol. The van der Waals surface area contributed by atoms with E-state index in [0.29, 0.717) is 12.0 Å². The van der Waals surface area contributed by atoms with Crippen LogP contribution in [-0.2, 0) is 19.4 Å². The van der Waals surface area contributed by atoms with E-state index < -0.39 is 0 Å². The van der Waals surface area contributed by atoms with Crippen LogP contribution in [0.5, 0.6) is 0 Å². The number of aryl methyl sites for hydroxylation is 1. The number of hydrogen-bond acceptors (Lipinski definition) is 2. The molecule has 2 rings (SSSR count). The Kier molecular flexibility index (Phi) is 4.05. The summed E-state index contributed by atoms with van der Waals surface area (Å²) in [4.78, 5) is 4.40. The molecule has 1 aromatic heterocycles. The van der Waals surface area contributed by atoms with Gasteiger partial charge in [-0.05, 0) is 29.7 Å². The van der Waals surface area contributed by atoms with Gasteiger partial charge in [0.1, 0.15) is 5.82 Å². The van der Waals surface area contributed by atoms with E-state index >= 15 is 0 Å². The van der Waals surface area contributed by atoms with Gasteiger partial charge in [0.2, 0.25) is 0 Å². The Morgan fingerprint density at radius 2 is 1.94 bits per heavy atom. The molecule has 2 N–H and O–H groups in total. The van der Waals surface area contributed by atoms with Gasteiger partial charge in [0.15, 0.2) is 0 Å². The van der Waals surface area contributed by atoms with Gasteiger partial charge in [-0.1, -0.05) is 25.1 Å². The van der Waals surface area contributed by atoms with E-state index in [1.54, 1.807) is 6.07 Å². The number of nitrogens with two attached hydrogens (primary N) is 1. The van der Waals surface area contributed by atoms with Crippen LogP contribution in [0.3, 0.4) is 0 Å². The van der Waals surface area contributed by atoms with Crippen LogP contribution in [0.4, 0.5) is 4.39 Å². The lowest BCUT2D eigenvalue weighted by Crippen LogP contribution is -2.01. The zero-order valence-electron chi connectivity index (χ0n) is 10.5. The lowest BCUT2D eigenvalue weighted by molar-refractivity contribution is 0.609. The van der Waals surface area contributed by atoms with Crippen LogP contribution in [0.25, 0.3) is 0 Å². The molecular formula is C15H17FN2. The van der Waals surface area contributed by atoms with Crippen LogP contribution in [-0.4, -0.2) is 4.98 Å². The van der Waals surface area contributed by atoms with Crippen LogP contribution < -0.4 is 5.73 Å². The van der Waals surface area contributed by atoms with Gasteiger partial charge in [-0.25, -0.2) is 4.39 Å². The summed E-state index contributed by atoms with van der Waals surface area (Å²) < 4.78 is 13.3. The molecule has 0 saturated heterocycles. The summed E-state index contributed by atoms with van der Waals surface area (Å²) in [6, 6.07) is 9.16. The van der Waals surface area contributed by atoms with Crippen molar-refractivity contribution >= 4 is 0 Å². The third-order valence-electron chi connectivity index (χ3n) is 3.01. The predicted octanol–water partition coefficient (Wildman–Crippen LogP) is 2.83. The highest BCUT2D eigenvalue weighted by molar-refractivity contribution is 5.28. The maximum absolute atomic E-state index is 13.3. The summed E-state index contributed by atoms with van der Waals surface area (Å²) in [6.07, 6.45) is 3.58. The first-order valence-corrected chi connectivity index (χ1v) is 6.14. The van der Waals surface area contributed by atoms with Gasteiger partial charge in [-0.3, -0.25) is 4.98 Å². The maximum Gasteiger partial charge on any atom is 0.127 e. The molecule has 0 fully saturated rings. The SMILES string of the molecule is CCc1ccc(Cc2ccc(F)c(CN)c2)nc1. The second-order valence-electron chi connectivity index (χ2n) is 4.32. The van der Waals surface area contributed by atoms with E-state index in [2.05, 4.69) is 18.0 Å². The molecule has 0 aliphatic heterocycles. The lowest BCUT2D eigenvalue weighted by atomic mass is 10.0. The van der Waals surface area contributed by atoms with Gasteiger partial charge in [-0.15, -0.1) is 0 Å². The summed E-state index contributed by atoms with van der Waals surface area (Å²) in [5.74, 6) is -0.240. The van der Waals surface area contributed by atoms with Crippen LogP contribution >= 0.6 is 0 Å². The van der Waals surface area contributed by atoms with Crippen LogP contribution in [0.15, 0.2) is 36.5 Å². The topological polar surface area (TPSA) is 38.9 Å². The number of halogens is 1. The standard InChI is InChI=1S/C15H17FN2/c1-2-11-3-5-14(18-10-11)8-12-4-6-15(16)13(7-12)9-17/h3-7,10H,2,8-9,17H2,1H3. The minimum Gasteiger partial charge on any atom is -0.326 e. The Morgan fingerprint density at radius 3 is 2.56 bits per heavy atom. The van der Waals surface area contributed by atoms with Crippen molar-refractivity contribution in [2.75, 3.05) is 0 Å². The fraction of sp³-hybridized carbons (Fsp3) is 0.267. The lowest BCUT2D eigenvalue weighted by Gasteiger charge is -2.05. The molecule has 0 unspecified atom stereocenters. The molecule has 0 aliphatic rings. The third-order valence-corrected chi connectivity index (χ3v) is 3.01. The van der Waals surface area contributed by atoms with E-state index in [-0.39, 0.29) is 12.4 Å². The number of rotatable bonds is 4. The van der Waals surface area contributed by atoms with E-state index in [9.17, 15) is 4.39 Å². The Balaban J connectivity index is 2.17. The van der Waals surface area contributed by atoms with Crippen LogP contribution in [0.1, 0.15) is 29.3 Å². The van der Waals surface area contributed by atoms with E-state index in [1.165, 1.54) is 11.6 Å². The summed E-state index contributed by atoms with van der Waals surface area (Å²) >= 11 is 0. The molecule has 0 aliphatic carbocycles. The van der Waals surface area contributed by atoms with Crippen molar-refractivity contribution in [3.8, 4) is 0 Å². The van der Waals surface area contributed by atoms with E-state index in [0.717, 1.165) is 17.7 Å². The zero-order chi connectivity index (χ0) is 13.0. The zero-order valence-corrected chi connectivity index (χ0v) is 10.5. The van der Waals surface area contributed by atoms with Gasteiger partial charge in [-0.2, -0.15) is 0 Å². The smallest absolute Gasteiger partial charge is 0.127 e. The fourth-order valence-corrected chi connectivity index (χ4v) is 1.87. The van der Waals surface area contributed by atoms with Crippen molar-refractivity contribution in [2.24, 2.45) is 5.73 Å². The quantitative estimate of drug-likeness (QED) is 0.898. The van der Waals surface area contributed by atoms with Crippen LogP contribution in [0.2, 0.25) is 0 Å². The molecule has 18 heavy (non-hydrogen) atoms. The van der Waals surface area contributed by atoms with Crippen molar-refractivity contribution < 1.29 is 4.39 Å². The minimum absolute atomic E-state index is 0.224. The second-order valence-corrected chi connectivity index (χ2v) is 4.32. The van der Waals surface area contributed by atoms with Gasteiger partial charge in [0.05, 0.1) is 0 Å². The average Bonchev–Trinajstić information content (AvgIpc) is 2.42. The van der Waals surface area contributed by atoms with Gasteiger partial charge in [0.25, 0.3) is 0 Å². The number of aromatic nitrogens is 1. The summed E-state index contributed by atoms with van der Waals surface area (Å²) in [5, 5.41) is 0. The first-order chi connectivity index (χ1) is 8.72. The Hall–Kier alpha value is -1.74. The number of benzene rings is 1. The van der Waals surface area contributed by atoms with Gasteiger partial charge < -0.3 is 5.73 Å². The maximum atomic E-state index is 13.3. The first kappa shape index (κ1) is 12.7. The summed E-state index contributed by atoms with van der Waals surface area (Å²) in [7, 11) is 0. The molecule has 0 atom stereocenters. The molecule has 1 aromatic carbocycles. The van der Waals surface area contributed by atoms with Gasteiger partial charge in [0, 0.05) is 30.4 Å². The number of nitrogens with zero attached hydrogens (tertiary/aromatic N) is 1. The van der Waals surface area contributed by atoms with Crippen molar-refractivity contribution in [3.63, 3.8) is 0 Å². The van der Waals surface area contributed by atoms with Crippen molar-refractivity contribution in [1.29, 1.82) is 0 Å². The normalized spacial score (nSPS) is 10.6. The monoisotopic (exact) mass is 244 g/mol. The molecule has 0 amide bonds. The third kappa shape index (κ3) is 2.93. The molecule has 0 saturated carbocycles. The highest BCUT2D eigenvalue weighted by Crippen LogP contribution is 2.13. The Labute approximate surface area is 107 Å². The molecule has 0 spiro atoms. The van der Waals surface area contributed by atoms with Crippen molar-refractivity contribution in [3.05, 3.63) is 64.7 Å². The summed E-state index contributed by atoms with van der Waals surface area (Å²) in [6.45, 7) is 2.33. The predicted molar refractivity (Wildman–Crippen MR) is 70.7 cm³/mol. The van der Waals surface area contributed by atoms with Crippen LogP contribution in [0, 0.1) is 5.82 Å². The average molecular weight is 244 g/mol. The van der Waals surface area contributed by atoms with E-state index in [1.807, 2.05) is 18.3 Å². The highest BCUT2D eigenvalue weighted by Gasteiger charge is 2.03. The summed E-state index contributed by atoms with van der Waals surface area (Å²) in [5.41, 5.74) is 9.29. The van der Waals surface area contributed by atoms with E-state index in [4.69, 9.17) is 5.73 Å². The molecule has 3 heteroatoms. The number of pyridine rings is 1. The molecule has 0 radical (unpaired) electrons.